The van der Waals surface area contributed by atoms with Crippen molar-refractivity contribution in [2.24, 2.45) is 0 Å². The third-order valence-electron chi connectivity index (χ3n) is 5.12. The molecule has 0 aliphatic carbocycles. The Kier molecular flexibility index (Phi) is 6.13. The first-order valence-electron chi connectivity index (χ1n) is 10.4. The second-order valence-corrected chi connectivity index (χ2v) is 7.13. The van der Waals surface area contributed by atoms with Crippen molar-refractivity contribution >= 4 is 5.91 Å². The van der Waals surface area contributed by atoms with E-state index >= 15 is 0 Å². The van der Waals surface area contributed by atoms with Crippen LogP contribution in [0.25, 0.3) is 16.9 Å². The number of pyridine rings is 1. The molecule has 0 atom stereocenters. The fourth-order valence-corrected chi connectivity index (χ4v) is 3.66. The second kappa shape index (κ2) is 9.30. The molecule has 0 radical (unpaired) electrons. The number of nitrogens with one attached hydrogen (secondary N) is 1. The van der Waals surface area contributed by atoms with Crippen molar-refractivity contribution in [1.82, 2.24) is 14.9 Å². The Morgan fingerprint density at radius 2 is 1.74 bits per heavy atom. The van der Waals surface area contributed by atoms with Crippen molar-refractivity contribution < 1.29 is 9.53 Å². The Morgan fingerprint density at radius 1 is 1.00 bits per heavy atom. The molecule has 0 fully saturated rings. The summed E-state index contributed by atoms with van der Waals surface area (Å²) in [7, 11) is 0. The molecule has 4 aromatic rings. The maximum Gasteiger partial charge on any atom is 0.253 e. The minimum atomic E-state index is -0.132. The van der Waals surface area contributed by atoms with E-state index in [-0.39, 0.29) is 5.91 Å². The zero-order chi connectivity index (χ0) is 21.6. The molecule has 5 heteroatoms. The van der Waals surface area contributed by atoms with E-state index in [9.17, 15) is 4.79 Å². The van der Waals surface area contributed by atoms with Crippen LogP contribution in [0.2, 0.25) is 0 Å². The molecule has 31 heavy (non-hydrogen) atoms. The highest BCUT2D eigenvalue weighted by atomic mass is 16.5. The van der Waals surface area contributed by atoms with Gasteiger partial charge in [-0.25, -0.2) is 0 Å². The van der Waals surface area contributed by atoms with Crippen LogP contribution in [0.15, 0.2) is 85.1 Å². The molecule has 0 unspecified atom stereocenters. The van der Waals surface area contributed by atoms with E-state index in [0.717, 1.165) is 34.1 Å². The Labute approximate surface area is 182 Å². The van der Waals surface area contributed by atoms with Gasteiger partial charge >= 0.3 is 0 Å². The number of hydrogen-bond donors (Lipinski definition) is 1. The quantitative estimate of drug-likeness (QED) is 0.456. The summed E-state index contributed by atoms with van der Waals surface area (Å²) in [6, 6.07) is 25.6. The van der Waals surface area contributed by atoms with Crippen LogP contribution in [0.3, 0.4) is 0 Å². The molecule has 0 saturated heterocycles. The average molecular weight is 412 g/mol. The smallest absolute Gasteiger partial charge is 0.253 e. The van der Waals surface area contributed by atoms with Gasteiger partial charge in [-0.05, 0) is 49.7 Å². The van der Waals surface area contributed by atoms with E-state index in [1.165, 1.54) is 0 Å². The monoisotopic (exact) mass is 411 g/mol. The van der Waals surface area contributed by atoms with E-state index in [0.29, 0.717) is 18.7 Å². The lowest BCUT2D eigenvalue weighted by Crippen LogP contribution is -2.23. The van der Waals surface area contributed by atoms with E-state index in [1.54, 1.807) is 6.20 Å². The van der Waals surface area contributed by atoms with Gasteiger partial charge in [-0.2, -0.15) is 0 Å². The average Bonchev–Trinajstić information content (AvgIpc) is 3.16. The number of para-hydroxylation sites is 2. The van der Waals surface area contributed by atoms with Crippen LogP contribution in [-0.2, 0) is 6.54 Å². The maximum atomic E-state index is 13.1. The lowest BCUT2D eigenvalue weighted by Gasteiger charge is -2.16. The van der Waals surface area contributed by atoms with Crippen molar-refractivity contribution in [3.8, 4) is 22.7 Å². The first-order chi connectivity index (χ1) is 15.2. The highest BCUT2D eigenvalue weighted by Crippen LogP contribution is 2.33. The molecular weight excluding hydrogens is 386 g/mol. The van der Waals surface area contributed by atoms with Crippen LogP contribution < -0.4 is 10.1 Å². The van der Waals surface area contributed by atoms with Gasteiger partial charge in [-0.15, -0.1) is 0 Å². The van der Waals surface area contributed by atoms with Crippen LogP contribution in [0, 0.1) is 6.92 Å². The number of nitrogens with zero attached hydrogens (tertiary/aromatic N) is 2. The topological polar surface area (TPSA) is 56.1 Å². The minimum Gasteiger partial charge on any atom is -0.492 e. The highest BCUT2D eigenvalue weighted by Gasteiger charge is 2.21. The van der Waals surface area contributed by atoms with Crippen LogP contribution in [0.1, 0.15) is 28.7 Å². The molecule has 0 aliphatic rings. The van der Waals surface area contributed by atoms with E-state index in [2.05, 4.69) is 14.9 Å². The lowest BCUT2D eigenvalue weighted by atomic mass is 10.1. The Balaban J connectivity index is 1.77. The molecule has 5 nitrogen and oxygen atoms in total. The first-order valence-corrected chi connectivity index (χ1v) is 10.4. The zero-order valence-electron chi connectivity index (χ0n) is 17.7. The standard InChI is InChI=1S/C26H25N3O2/c1-3-31-25-15-8-7-14-23(25)29-19(2)22(17-24(29)20-11-5-4-6-12-20)26(30)28-18-21-13-9-10-16-27-21/h4-17H,3,18H2,1-2H3,(H,28,30). The first kappa shape index (κ1) is 20.4. The van der Waals surface area contributed by atoms with Gasteiger partial charge in [0.15, 0.2) is 0 Å². The van der Waals surface area contributed by atoms with Gasteiger partial charge < -0.3 is 14.6 Å². The summed E-state index contributed by atoms with van der Waals surface area (Å²) >= 11 is 0. The van der Waals surface area contributed by atoms with Crippen LogP contribution in [-0.4, -0.2) is 22.1 Å². The largest absolute Gasteiger partial charge is 0.492 e. The maximum absolute atomic E-state index is 13.1. The number of amides is 1. The van der Waals surface area contributed by atoms with E-state index in [1.807, 2.05) is 92.7 Å². The Morgan fingerprint density at radius 3 is 2.48 bits per heavy atom. The second-order valence-electron chi connectivity index (χ2n) is 7.13. The highest BCUT2D eigenvalue weighted by molar-refractivity contribution is 5.97. The molecule has 2 heterocycles. The molecule has 4 rings (SSSR count). The molecule has 2 aromatic heterocycles. The zero-order valence-corrected chi connectivity index (χ0v) is 17.7. The molecule has 0 aliphatic heterocycles. The molecular formula is C26H25N3O2. The molecule has 0 saturated carbocycles. The lowest BCUT2D eigenvalue weighted by molar-refractivity contribution is 0.0950. The van der Waals surface area contributed by atoms with Crippen LogP contribution >= 0.6 is 0 Å². The third-order valence-corrected chi connectivity index (χ3v) is 5.12. The summed E-state index contributed by atoms with van der Waals surface area (Å²) in [5, 5.41) is 2.99. The summed E-state index contributed by atoms with van der Waals surface area (Å²) < 4.78 is 7.98. The van der Waals surface area contributed by atoms with Gasteiger partial charge in [0.2, 0.25) is 0 Å². The fraction of sp³-hybridized carbons (Fsp3) is 0.154. The van der Waals surface area contributed by atoms with Gasteiger partial charge in [0.05, 0.1) is 35.8 Å². The molecule has 0 bridgehead atoms. The van der Waals surface area contributed by atoms with Crippen molar-refractivity contribution in [3.63, 3.8) is 0 Å². The number of aromatic nitrogens is 2. The van der Waals surface area contributed by atoms with Crippen molar-refractivity contribution in [2.75, 3.05) is 6.61 Å². The Hall–Kier alpha value is -3.86. The van der Waals surface area contributed by atoms with Gasteiger partial charge in [0, 0.05) is 11.9 Å². The fourth-order valence-electron chi connectivity index (χ4n) is 3.66. The van der Waals surface area contributed by atoms with Gasteiger partial charge in [-0.1, -0.05) is 48.5 Å². The minimum absolute atomic E-state index is 0.132. The predicted octanol–water partition coefficient (Wildman–Crippen LogP) is 5.18. The predicted molar refractivity (Wildman–Crippen MR) is 123 cm³/mol. The molecule has 1 N–H and O–H groups in total. The summed E-state index contributed by atoms with van der Waals surface area (Å²) in [6.07, 6.45) is 1.72. The summed E-state index contributed by atoms with van der Waals surface area (Å²) in [4.78, 5) is 17.4. The van der Waals surface area contributed by atoms with Crippen LogP contribution in [0.5, 0.6) is 5.75 Å². The number of ether oxygens (including phenoxy) is 1. The molecule has 2 aromatic carbocycles. The van der Waals surface area contributed by atoms with Crippen LogP contribution in [0.4, 0.5) is 0 Å². The summed E-state index contributed by atoms with van der Waals surface area (Å²) in [6.45, 7) is 4.87. The van der Waals surface area contributed by atoms with E-state index < -0.39 is 0 Å². The molecule has 1 amide bonds. The van der Waals surface area contributed by atoms with Gasteiger partial charge in [0.25, 0.3) is 5.91 Å². The number of hydrogen-bond acceptors (Lipinski definition) is 3. The summed E-state index contributed by atoms with van der Waals surface area (Å²) in [5.74, 6) is 0.648. The third kappa shape index (κ3) is 4.36. The number of carbonyl (C=O) groups is 1. The number of rotatable bonds is 7. The SMILES string of the molecule is CCOc1ccccc1-n1c(-c2ccccc2)cc(C(=O)NCc2ccccn2)c1C. The summed E-state index contributed by atoms with van der Waals surface area (Å²) in [5.41, 5.74) is 5.17. The van der Waals surface area contributed by atoms with E-state index in [4.69, 9.17) is 4.74 Å². The number of benzene rings is 2. The van der Waals surface area contributed by atoms with Crippen molar-refractivity contribution in [1.29, 1.82) is 0 Å². The Bertz CT molecular complexity index is 1170. The molecule has 0 spiro atoms. The normalized spacial score (nSPS) is 10.6. The molecule has 156 valence electrons. The number of carbonyl (C=O) groups excluding carboxylic acids is 1. The van der Waals surface area contributed by atoms with Crippen molar-refractivity contribution in [3.05, 3.63) is 102 Å². The van der Waals surface area contributed by atoms with Gasteiger partial charge in [0.1, 0.15) is 5.75 Å². The van der Waals surface area contributed by atoms with Crippen molar-refractivity contribution in [2.45, 2.75) is 20.4 Å². The van der Waals surface area contributed by atoms with Gasteiger partial charge in [-0.3, -0.25) is 9.78 Å².